The molecule has 1 aromatic heterocycles. The molecule has 0 unspecified atom stereocenters. The molecule has 1 aliphatic heterocycles. The summed E-state index contributed by atoms with van der Waals surface area (Å²) in [5.41, 5.74) is 0.198. The van der Waals surface area contributed by atoms with Crippen molar-refractivity contribution in [3.63, 3.8) is 0 Å². The zero-order valence-electron chi connectivity index (χ0n) is 18.8. The third-order valence-corrected chi connectivity index (χ3v) is 4.84. The summed E-state index contributed by atoms with van der Waals surface area (Å²) in [7, 11) is 0. The molecule has 170 valence electrons. The van der Waals surface area contributed by atoms with Gasteiger partial charge in [0.05, 0.1) is 11.4 Å². The van der Waals surface area contributed by atoms with Crippen LogP contribution in [0.1, 0.15) is 40.3 Å². The van der Waals surface area contributed by atoms with E-state index in [9.17, 15) is 19.2 Å². The van der Waals surface area contributed by atoms with Gasteiger partial charge < -0.3 is 15.4 Å². The van der Waals surface area contributed by atoms with Crippen LogP contribution < -0.4 is 10.6 Å². The first-order chi connectivity index (χ1) is 14.9. The highest BCUT2D eigenvalue weighted by atomic mass is 16.5. The number of hydrogen-bond acceptors (Lipinski definition) is 6. The number of carbonyl (C=O) groups is 4. The SMILES string of the molecule is CC1(C)NC(=O)N(CC(=O)OCC(=O)Nc2cc(C(C)(C)C)nn2-c2ccccc2)C1=O. The van der Waals surface area contributed by atoms with E-state index in [0.29, 0.717) is 5.82 Å². The lowest BCUT2D eigenvalue weighted by molar-refractivity contribution is -0.150. The van der Waals surface area contributed by atoms with Crippen LogP contribution in [-0.4, -0.2) is 57.2 Å². The maximum absolute atomic E-state index is 12.4. The monoisotopic (exact) mass is 441 g/mol. The summed E-state index contributed by atoms with van der Waals surface area (Å²) in [5.74, 6) is -1.55. The van der Waals surface area contributed by atoms with Gasteiger partial charge in [-0.05, 0) is 26.0 Å². The van der Waals surface area contributed by atoms with Gasteiger partial charge in [0.25, 0.3) is 11.8 Å². The Morgan fingerprint density at radius 3 is 2.38 bits per heavy atom. The van der Waals surface area contributed by atoms with Gasteiger partial charge in [0.2, 0.25) is 0 Å². The molecular formula is C22H27N5O5. The van der Waals surface area contributed by atoms with E-state index in [4.69, 9.17) is 4.74 Å². The normalized spacial score (nSPS) is 15.5. The molecule has 10 heteroatoms. The number of urea groups is 1. The first kappa shape index (κ1) is 23.0. The molecule has 1 aromatic carbocycles. The zero-order valence-corrected chi connectivity index (χ0v) is 18.8. The summed E-state index contributed by atoms with van der Waals surface area (Å²) in [5, 5.41) is 9.78. The summed E-state index contributed by atoms with van der Waals surface area (Å²) in [6, 6.07) is 10.4. The number of ether oxygens (including phenoxy) is 1. The third-order valence-electron chi connectivity index (χ3n) is 4.84. The van der Waals surface area contributed by atoms with Crippen molar-refractivity contribution in [2.75, 3.05) is 18.5 Å². The molecule has 0 saturated carbocycles. The Labute approximate surface area is 185 Å². The van der Waals surface area contributed by atoms with Crippen LogP contribution in [-0.2, 0) is 24.5 Å². The lowest BCUT2D eigenvalue weighted by atomic mass is 9.92. The highest BCUT2D eigenvalue weighted by Crippen LogP contribution is 2.26. The molecule has 4 amide bonds. The Hall–Kier alpha value is -3.69. The smallest absolute Gasteiger partial charge is 0.326 e. The van der Waals surface area contributed by atoms with E-state index in [-0.39, 0.29) is 5.41 Å². The largest absolute Gasteiger partial charge is 0.454 e. The van der Waals surface area contributed by atoms with Crippen molar-refractivity contribution >= 4 is 29.6 Å². The highest BCUT2D eigenvalue weighted by molar-refractivity contribution is 6.08. The fraction of sp³-hybridized carbons (Fsp3) is 0.409. The first-order valence-electron chi connectivity index (χ1n) is 10.1. The van der Waals surface area contributed by atoms with Gasteiger partial charge in [-0.25, -0.2) is 9.48 Å². The van der Waals surface area contributed by atoms with E-state index in [0.717, 1.165) is 16.3 Å². The minimum atomic E-state index is -1.09. The number of nitrogens with one attached hydrogen (secondary N) is 2. The summed E-state index contributed by atoms with van der Waals surface area (Å²) < 4.78 is 6.57. The van der Waals surface area contributed by atoms with Crippen LogP contribution in [0.3, 0.4) is 0 Å². The Balaban J connectivity index is 1.65. The van der Waals surface area contributed by atoms with Crippen molar-refractivity contribution in [3.8, 4) is 5.69 Å². The van der Waals surface area contributed by atoms with Crippen LogP contribution in [0, 0.1) is 0 Å². The van der Waals surface area contributed by atoms with Gasteiger partial charge in [0, 0.05) is 11.5 Å². The Morgan fingerprint density at radius 2 is 1.81 bits per heavy atom. The minimum Gasteiger partial charge on any atom is -0.454 e. The third kappa shape index (κ3) is 4.96. The minimum absolute atomic E-state index is 0.247. The molecule has 1 aliphatic rings. The molecule has 0 radical (unpaired) electrons. The van der Waals surface area contributed by atoms with Crippen LogP contribution in [0.5, 0.6) is 0 Å². The predicted molar refractivity (Wildman–Crippen MR) is 116 cm³/mol. The summed E-state index contributed by atoms with van der Waals surface area (Å²) in [6.07, 6.45) is 0. The standard InChI is InChI=1S/C22H27N5O5/c1-21(2,3)15-11-16(27(25-15)14-9-7-6-8-10-14)23-17(28)13-32-18(29)12-26-19(30)22(4,5)24-20(26)31/h6-11H,12-13H2,1-5H3,(H,23,28)(H,24,31). The van der Waals surface area contributed by atoms with Crippen molar-refractivity contribution in [1.29, 1.82) is 0 Å². The number of aromatic nitrogens is 2. The topological polar surface area (TPSA) is 123 Å². The van der Waals surface area contributed by atoms with Gasteiger partial charge in [-0.15, -0.1) is 0 Å². The van der Waals surface area contributed by atoms with E-state index in [1.807, 2.05) is 51.1 Å². The van der Waals surface area contributed by atoms with Gasteiger partial charge in [-0.3, -0.25) is 19.3 Å². The van der Waals surface area contributed by atoms with E-state index in [2.05, 4.69) is 15.7 Å². The molecule has 0 spiro atoms. The first-order valence-corrected chi connectivity index (χ1v) is 10.1. The van der Waals surface area contributed by atoms with Crippen molar-refractivity contribution < 1.29 is 23.9 Å². The van der Waals surface area contributed by atoms with Gasteiger partial charge in [-0.1, -0.05) is 39.0 Å². The second kappa shape index (κ2) is 8.45. The van der Waals surface area contributed by atoms with Crippen LogP contribution in [0.2, 0.25) is 0 Å². The maximum atomic E-state index is 12.4. The molecule has 1 saturated heterocycles. The average molecular weight is 441 g/mol. The molecule has 1 fully saturated rings. The molecule has 2 aromatic rings. The van der Waals surface area contributed by atoms with Crippen molar-refractivity contribution in [2.24, 2.45) is 0 Å². The maximum Gasteiger partial charge on any atom is 0.326 e. The van der Waals surface area contributed by atoms with Crippen molar-refractivity contribution in [2.45, 2.75) is 45.6 Å². The molecule has 0 atom stereocenters. The highest BCUT2D eigenvalue weighted by Gasteiger charge is 2.45. The van der Waals surface area contributed by atoms with Crippen LogP contribution in [0.4, 0.5) is 10.6 Å². The molecular weight excluding hydrogens is 414 g/mol. The van der Waals surface area contributed by atoms with E-state index >= 15 is 0 Å². The number of amides is 4. The number of imide groups is 1. The number of esters is 1. The number of carbonyl (C=O) groups excluding carboxylic acids is 4. The van der Waals surface area contributed by atoms with E-state index in [1.54, 1.807) is 10.7 Å². The van der Waals surface area contributed by atoms with E-state index in [1.165, 1.54) is 13.8 Å². The lowest BCUT2D eigenvalue weighted by Gasteiger charge is -2.15. The number of anilines is 1. The summed E-state index contributed by atoms with van der Waals surface area (Å²) >= 11 is 0. The number of nitrogens with zero attached hydrogens (tertiary/aromatic N) is 3. The van der Waals surface area contributed by atoms with Gasteiger partial charge in [-0.2, -0.15) is 5.10 Å². The number of para-hydroxylation sites is 1. The zero-order chi connectivity index (χ0) is 23.7. The van der Waals surface area contributed by atoms with Gasteiger partial charge >= 0.3 is 12.0 Å². The van der Waals surface area contributed by atoms with Gasteiger partial charge in [0.15, 0.2) is 6.61 Å². The number of benzene rings is 1. The molecule has 10 nitrogen and oxygen atoms in total. The van der Waals surface area contributed by atoms with Crippen LogP contribution in [0.15, 0.2) is 36.4 Å². The fourth-order valence-electron chi connectivity index (χ4n) is 3.06. The molecule has 2 N–H and O–H groups in total. The second-order valence-corrected chi connectivity index (χ2v) is 9.07. The molecule has 32 heavy (non-hydrogen) atoms. The van der Waals surface area contributed by atoms with Crippen LogP contribution in [0.25, 0.3) is 5.69 Å². The fourth-order valence-corrected chi connectivity index (χ4v) is 3.06. The quantitative estimate of drug-likeness (QED) is 0.522. The Morgan fingerprint density at radius 1 is 1.16 bits per heavy atom. The molecule has 0 bridgehead atoms. The van der Waals surface area contributed by atoms with Gasteiger partial charge in [0.1, 0.15) is 17.9 Å². The molecule has 2 heterocycles. The van der Waals surface area contributed by atoms with Crippen LogP contribution >= 0.6 is 0 Å². The van der Waals surface area contributed by atoms with Crippen molar-refractivity contribution in [1.82, 2.24) is 20.0 Å². The average Bonchev–Trinajstić information content (AvgIpc) is 3.21. The number of hydrogen-bond donors (Lipinski definition) is 2. The predicted octanol–water partition coefficient (Wildman–Crippen LogP) is 1.98. The Bertz CT molecular complexity index is 1050. The second-order valence-electron chi connectivity index (χ2n) is 9.07. The molecule has 0 aliphatic carbocycles. The summed E-state index contributed by atoms with van der Waals surface area (Å²) in [6.45, 7) is 7.95. The summed E-state index contributed by atoms with van der Waals surface area (Å²) in [4.78, 5) is 49.3. The number of rotatable bonds is 6. The lowest BCUT2D eigenvalue weighted by Crippen LogP contribution is -2.41. The molecule has 3 rings (SSSR count). The van der Waals surface area contributed by atoms with Crippen molar-refractivity contribution in [3.05, 3.63) is 42.1 Å². The Kier molecular flexibility index (Phi) is 6.07. The van der Waals surface area contributed by atoms with E-state index < -0.39 is 42.5 Å².